The van der Waals surface area contributed by atoms with Crippen LogP contribution in [0, 0.1) is 5.82 Å². The molecule has 8 nitrogen and oxygen atoms in total. The summed E-state index contributed by atoms with van der Waals surface area (Å²) in [5.41, 5.74) is 2.57. The third-order valence-corrected chi connectivity index (χ3v) is 7.26. The SMILES string of the molecule is COc1ccc2[nH]c3c(c2c1)CCN1C(=O)N(c2ccc(C(=O)Nc4ccc(F)cc4)cc2)C(=O)[C@]31C. The predicted octanol–water partition coefficient (Wildman–Crippen LogP) is 4.81. The Balaban J connectivity index is 1.30. The third-order valence-electron chi connectivity index (χ3n) is 7.26. The van der Waals surface area contributed by atoms with Crippen molar-refractivity contribution in [2.45, 2.75) is 18.9 Å². The Morgan fingerprint density at radius 1 is 1.05 bits per heavy atom. The van der Waals surface area contributed by atoms with Crippen molar-refractivity contribution in [3.8, 4) is 5.75 Å². The molecule has 1 atom stereocenters. The minimum absolute atomic E-state index is 0.336. The van der Waals surface area contributed by atoms with E-state index in [1.807, 2.05) is 18.2 Å². The summed E-state index contributed by atoms with van der Waals surface area (Å²) in [5.74, 6) is -0.423. The van der Waals surface area contributed by atoms with Crippen molar-refractivity contribution in [1.82, 2.24) is 9.88 Å². The Hall–Kier alpha value is -4.66. The van der Waals surface area contributed by atoms with E-state index in [0.717, 1.165) is 22.2 Å². The number of imide groups is 1. The zero-order valence-electron chi connectivity index (χ0n) is 20.2. The molecule has 0 bridgehead atoms. The molecule has 3 heterocycles. The van der Waals surface area contributed by atoms with Gasteiger partial charge in [-0.1, -0.05) is 0 Å². The monoisotopic (exact) mass is 498 g/mol. The number of carbonyl (C=O) groups excluding carboxylic acids is 3. The number of amides is 4. The van der Waals surface area contributed by atoms with Gasteiger partial charge in [0.25, 0.3) is 11.8 Å². The number of anilines is 2. The second-order valence-corrected chi connectivity index (χ2v) is 9.29. The minimum Gasteiger partial charge on any atom is -0.497 e. The molecule has 186 valence electrons. The fourth-order valence-corrected chi connectivity index (χ4v) is 5.27. The molecule has 0 saturated carbocycles. The molecule has 2 aliphatic heterocycles. The number of nitrogens with zero attached hydrogens (tertiary/aromatic N) is 2. The number of H-pyrrole nitrogens is 1. The topological polar surface area (TPSA) is 94.7 Å². The number of aromatic amines is 1. The van der Waals surface area contributed by atoms with Crippen LogP contribution in [0.3, 0.4) is 0 Å². The lowest BCUT2D eigenvalue weighted by Crippen LogP contribution is -2.49. The van der Waals surface area contributed by atoms with E-state index in [1.165, 1.54) is 29.2 Å². The summed E-state index contributed by atoms with van der Waals surface area (Å²) in [4.78, 5) is 46.0. The van der Waals surface area contributed by atoms with Gasteiger partial charge in [-0.2, -0.15) is 0 Å². The number of carbonyl (C=O) groups is 3. The number of nitrogens with one attached hydrogen (secondary N) is 2. The molecule has 0 unspecified atom stereocenters. The normalized spacial score (nSPS) is 18.7. The van der Waals surface area contributed by atoms with Crippen molar-refractivity contribution in [2.75, 3.05) is 23.9 Å². The largest absolute Gasteiger partial charge is 0.497 e. The summed E-state index contributed by atoms with van der Waals surface area (Å²) in [5, 5.41) is 3.67. The van der Waals surface area contributed by atoms with Crippen LogP contribution in [0.25, 0.3) is 10.9 Å². The Morgan fingerprint density at radius 2 is 1.78 bits per heavy atom. The number of halogens is 1. The second-order valence-electron chi connectivity index (χ2n) is 9.29. The first-order valence-electron chi connectivity index (χ1n) is 11.8. The average molecular weight is 499 g/mol. The molecule has 0 radical (unpaired) electrons. The van der Waals surface area contributed by atoms with Crippen LogP contribution in [-0.2, 0) is 16.8 Å². The maximum atomic E-state index is 13.8. The summed E-state index contributed by atoms with van der Waals surface area (Å²) >= 11 is 0. The van der Waals surface area contributed by atoms with Gasteiger partial charge in [-0.25, -0.2) is 14.1 Å². The lowest BCUT2D eigenvalue weighted by Gasteiger charge is -2.35. The van der Waals surface area contributed by atoms with Gasteiger partial charge in [0.1, 0.15) is 11.6 Å². The fraction of sp³-hybridized carbons (Fsp3) is 0.179. The van der Waals surface area contributed by atoms with Gasteiger partial charge in [-0.05, 0) is 85.6 Å². The first-order chi connectivity index (χ1) is 17.8. The zero-order valence-corrected chi connectivity index (χ0v) is 20.2. The molecule has 9 heteroatoms. The Labute approximate surface area is 211 Å². The van der Waals surface area contributed by atoms with Crippen molar-refractivity contribution in [3.63, 3.8) is 0 Å². The molecule has 1 aromatic heterocycles. The van der Waals surface area contributed by atoms with Crippen LogP contribution in [-0.4, -0.2) is 41.4 Å². The van der Waals surface area contributed by atoms with E-state index in [0.29, 0.717) is 35.6 Å². The second kappa shape index (κ2) is 8.19. The minimum atomic E-state index is -1.18. The maximum absolute atomic E-state index is 13.8. The lowest BCUT2D eigenvalue weighted by molar-refractivity contribution is -0.125. The molecule has 1 fully saturated rings. The van der Waals surface area contributed by atoms with Gasteiger partial charge in [-0.15, -0.1) is 0 Å². The number of hydrogen-bond donors (Lipinski definition) is 2. The molecule has 0 spiro atoms. The number of fused-ring (bicyclic) bond motifs is 5. The van der Waals surface area contributed by atoms with Crippen molar-refractivity contribution >= 4 is 40.1 Å². The highest BCUT2D eigenvalue weighted by Crippen LogP contribution is 2.45. The highest BCUT2D eigenvalue weighted by atomic mass is 19.1. The van der Waals surface area contributed by atoms with E-state index in [4.69, 9.17) is 4.74 Å². The van der Waals surface area contributed by atoms with E-state index in [2.05, 4.69) is 10.3 Å². The van der Waals surface area contributed by atoms with E-state index >= 15 is 0 Å². The number of hydrogen-bond acceptors (Lipinski definition) is 4. The van der Waals surface area contributed by atoms with Gasteiger partial charge in [-0.3, -0.25) is 9.59 Å². The molecule has 3 aromatic carbocycles. The molecule has 1 saturated heterocycles. The van der Waals surface area contributed by atoms with Crippen LogP contribution in [0.4, 0.5) is 20.6 Å². The zero-order chi connectivity index (χ0) is 25.9. The molecule has 37 heavy (non-hydrogen) atoms. The molecule has 6 rings (SSSR count). The van der Waals surface area contributed by atoms with E-state index in [-0.39, 0.29) is 11.8 Å². The molecular weight excluding hydrogens is 475 g/mol. The molecule has 2 aliphatic rings. The fourth-order valence-electron chi connectivity index (χ4n) is 5.27. The maximum Gasteiger partial charge on any atom is 0.332 e. The highest BCUT2D eigenvalue weighted by Gasteiger charge is 2.59. The number of aromatic nitrogens is 1. The van der Waals surface area contributed by atoms with Gasteiger partial charge < -0.3 is 19.9 Å². The van der Waals surface area contributed by atoms with Crippen LogP contribution in [0.15, 0.2) is 66.7 Å². The Bertz CT molecular complexity index is 1580. The number of rotatable bonds is 4. The Morgan fingerprint density at radius 3 is 2.49 bits per heavy atom. The van der Waals surface area contributed by atoms with E-state index in [9.17, 15) is 18.8 Å². The standard InChI is InChI=1S/C28H23FN4O4/c1-28-24-21(22-15-20(37-2)11-12-23(22)31-24)13-14-32(28)27(36)33(26(28)35)19-9-3-16(4-10-19)25(34)30-18-7-5-17(29)6-8-18/h3-12,15,31H,13-14H2,1-2H3,(H,30,34)/t28-/m0/s1. The number of methoxy groups -OCH3 is 1. The highest BCUT2D eigenvalue weighted by molar-refractivity contribution is 6.23. The van der Waals surface area contributed by atoms with Crippen LogP contribution in [0.1, 0.15) is 28.5 Å². The Kier molecular flexibility index (Phi) is 5.04. The molecule has 2 N–H and O–H groups in total. The predicted molar refractivity (Wildman–Crippen MR) is 136 cm³/mol. The van der Waals surface area contributed by atoms with Crippen molar-refractivity contribution < 1.29 is 23.5 Å². The summed E-state index contributed by atoms with van der Waals surface area (Å²) < 4.78 is 18.5. The molecule has 4 amide bonds. The van der Waals surface area contributed by atoms with Crippen molar-refractivity contribution in [2.24, 2.45) is 0 Å². The van der Waals surface area contributed by atoms with Gasteiger partial charge in [0.15, 0.2) is 5.54 Å². The molecule has 4 aromatic rings. The third kappa shape index (κ3) is 3.38. The van der Waals surface area contributed by atoms with Crippen LogP contribution in [0.2, 0.25) is 0 Å². The van der Waals surface area contributed by atoms with Crippen LogP contribution in [0.5, 0.6) is 5.75 Å². The van der Waals surface area contributed by atoms with Gasteiger partial charge in [0.2, 0.25) is 0 Å². The summed E-state index contributed by atoms with van der Waals surface area (Å²) in [6.07, 6.45) is 0.605. The first-order valence-corrected chi connectivity index (χ1v) is 11.8. The van der Waals surface area contributed by atoms with Crippen LogP contribution >= 0.6 is 0 Å². The van der Waals surface area contributed by atoms with Crippen LogP contribution < -0.4 is 15.0 Å². The average Bonchev–Trinajstić information content (AvgIpc) is 3.38. The number of urea groups is 1. The summed E-state index contributed by atoms with van der Waals surface area (Å²) in [6.45, 7) is 2.16. The first kappa shape index (κ1) is 22.8. The van der Waals surface area contributed by atoms with Gasteiger partial charge >= 0.3 is 6.03 Å². The molecule has 0 aliphatic carbocycles. The summed E-state index contributed by atoms with van der Waals surface area (Å²) in [6, 6.07) is 17.0. The quantitative estimate of drug-likeness (QED) is 0.395. The summed E-state index contributed by atoms with van der Waals surface area (Å²) in [7, 11) is 1.61. The van der Waals surface area contributed by atoms with E-state index in [1.54, 1.807) is 43.2 Å². The van der Waals surface area contributed by atoms with Crippen molar-refractivity contribution in [3.05, 3.63) is 89.4 Å². The lowest BCUT2D eigenvalue weighted by atomic mass is 9.87. The van der Waals surface area contributed by atoms with E-state index < -0.39 is 17.4 Å². The van der Waals surface area contributed by atoms with Gasteiger partial charge in [0, 0.05) is 28.7 Å². The van der Waals surface area contributed by atoms with Crippen molar-refractivity contribution in [1.29, 1.82) is 0 Å². The number of ether oxygens (including phenoxy) is 1. The number of benzene rings is 3. The molecular formula is C28H23FN4O4. The van der Waals surface area contributed by atoms with Gasteiger partial charge in [0.05, 0.1) is 18.5 Å². The smallest absolute Gasteiger partial charge is 0.332 e.